The Morgan fingerprint density at radius 1 is 0.773 bits per heavy atom. The van der Waals surface area contributed by atoms with Crippen LogP contribution in [-0.4, -0.2) is 11.8 Å². The third kappa shape index (κ3) is 2.70. The lowest BCUT2D eigenvalue weighted by Crippen LogP contribution is -2.29. The summed E-state index contributed by atoms with van der Waals surface area (Å²) in [6.45, 7) is 2.17. The molecule has 0 fully saturated rings. The van der Waals surface area contributed by atoms with Crippen LogP contribution in [0.2, 0.25) is 0 Å². The monoisotopic (exact) mass is 291 g/mol. The van der Waals surface area contributed by atoms with Gasteiger partial charge in [0.2, 0.25) is 0 Å². The normalized spacial score (nSPS) is 14.0. The third-order valence-electron chi connectivity index (χ3n) is 3.76. The van der Waals surface area contributed by atoms with E-state index in [1.54, 1.807) is 12.1 Å². The third-order valence-corrected chi connectivity index (χ3v) is 3.76. The molecule has 22 heavy (non-hydrogen) atoms. The highest BCUT2D eigenvalue weighted by Gasteiger charge is 2.24. The highest BCUT2D eigenvalue weighted by molar-refractivity contribution is 6.28. The van der Waals surface area contributed by atoms with Gasteiger partial charge in [0, 0.05) is 12.2 Å². The van der Waals surface area contributed by atoms with Gasteiger partial charge in [-0.1, -0.05) is 49.7 Å². The van der Waals surface area contributed by atoms with E-state index in [2.05, 4.69) is 31.2 Å². The van der Waals surface area contributed by atoms with E-state index in [0.717, 1.165) is 24.0 Å². The van der Waals surface area contributed by atoms with Gasteiger partial charge in [-0.25, -0.2) is 4.90 Å². The molecular weight excluding hydrogens is 274 g/mol. The lowest BCUT2D eigenvalue weighted by atomic mass is 10.0. The fourth-order valence-electron chi connectivity index (χ4n) is 2.61. The SMILES string of the molecule is CCCc1ccc(-c2ccc(N3C(=O)C=CC3=O)cc2)cc1. The molecule has 0 bridgehead atoms. The lowest BCUT2D eigenvalue weighted by Gasteiger charge is -2.14. The molecule has 110 valence electrons. The van der Waals surface area contributed by atoms with E-state index < -0.39 is 0 Å². The van der Waals surface area contributed by atoms with Gasteiger partial charge in [-0.2, -0.15) is 0 Å². The van der Waals surface area contributed by atoms with Gasteiger partial charge in [0.05, 0.1) is 5.69 Å². The Morgan fingerprint density at radius 3 is 1.77 bits per heavy atom. The molecular formula is C19H17NO2. The van der Waals surface area contributed by atoms with Crippen molar-refractivity contribution in [1.82, 2.24) is 0 Å². The maximum atomic E-state index is 11.7. The molecule has 0 saturated carbocycles. The van der Waals surface area contributed by atoms with Crippen molar-refractivity contribution in [2.45, 2.75) is 19.8 Å². The second-order valence-electron chi connectivity index (χ2n) is 5.34. The Hall–Kier alpha value is -2.68. The van der Waals surface area contributed by atoms with Gasteiger partial charge in [0.15, 0.2) is 0 Å². The van der Waals surface area contributed by atoms with E-state index in [1.807, 2.05) is 12.1 Å². The molecule has 1 aliphatic heterocycles. The summed E-state index contributed by atoms with van der Waals surface area (Å²) in [5, 5.41) is 0. The smallest absolute Gasteiger partial charge is 0.258 e. The molecule has 0 aromatic heterocycles. The molecule has 1 aliphatic rings. The van der Waals surface area contributed by atoms with Crippen LogP contribution < -0.4 is 4.90 Å². The Bertz CT molecular complexity index is 709. The number of benzene rings is 2. The van der Waals surface area contributed by atoms with Crippen LogP contribution in [0.15, 0.2) is 60.7 Å². The van der Waals surface area contributed by atoms with Gasteiger partial charge in [-0.3, -0.25) is 9.59 Å². The van der Waals surface area contributed by atoms with E-state index >= 15 is 0 Å². The van der Waals surface area contributed by atoms with Crippen LogP contribution in [0.4, 0.5) is 5.69 Å². The van der Waals surface area contributed by atoms with E-state index in [1.165, 1.54) is 22.6 Å². The number of carbonyl (C=O) groups is 2. The van der Waals surface area contributed by atoms with Crippen molar-refractivity contribution in [3.05, 3.63) is 66.2 Å². The number of amides is 2. The number of aryl methyl sites for hydroxylation is 1. The molecule has 0 saturated heterocycles. The number of hydrogen-bond donors (Lipinski definition) is 0. The van der Waals surface area contributed by atoms with Crippen LogP contribution in [0.1, 0.15) is 18.9 Å². The topological polar surface area (TPSA) is 37.4 Å². The van der Waals surface area contributed by atoms with Gasteiger partial charge in [0.1, 0.15) is 0 Å². The molecule has 2 amide bonds. The highest BCUT2D eigenvalue weighted by atomic mass is 16.2. The van der Waals surface area contributed by atoms with E-state index in [9.17, 15) is 9.59 Å². The first-order chi connectivity index (χ1) is 10.7. The van der Waals surface area contributed by atoms with Crippen molar-refractivity contribution in [2.75, 3.05) is 4.90 Å². The second kappa shape index (κ2) is 5.98. The molecule has 1 heterocycles. The fraction of sp³-hybridized carbons (Fsp3) is 0.158. The predicted octanol–water partition coefficient (Wildman–Crippen LogP) is 3.74. The Morgan fingerprint density at radius 2 is 1.27 bits per heavy atom. The minimum absolute atomic E-state index is 0.290. The van der Waals surface area contributed by atoms with Gasteiger partial charge < -0.3 is 0 Å². The summed E-state index contributed by atoms with van der Waals surface area (Å²) in [6.07, 6.45) is 4.82. The standard InChI is InChI=1S/C19H17NO2/c1-2-3-14-4-6-15(7-5-14)16-8-10-17(11-9-16)20-18(21)12-13-19(20)22/h4-13H,2-3H2,1H3. The van der Waals surface area contributed by atoms with Crippen molar-refractivity contribution in [3.63, 3.8) is 0 Å². The van der Waals surface area contributed by atoms with Crippen molar-refractivity contribution in [2.24, 2.45) is 0 Å². The van der Waals surface area contributed by atoms with Crippen molar-refractivity contribution in [3.8, 4) is 11.1 Å². The van der Waals surface area contributed by atoms with Crippen molar-refractivity contribution in [1.29, 1.82) is 0 Å². The number of hydrogen-bond acceptors (Lipinski definition) is 2. The summed E-state index contributed by atoms with van der Waals surface area (Å²) in [7, 11) is 0. The first-order valence-corrected chi connectivity index (χ1v) is 7.44. The molecule has 0 aliphatic carbocycles. The summed E-state index contributed by atoms with van der Waals surface area (Å²) in [5.74, 6) is -0.580. The quantitative estimate of drug-likeness (QED) is 0.805. The first-order valence-electron chi connectivity index (χ1n) is 7.44. The maximum Gasteiger partial charge on any atom is 0.258 e. The molecule has 3 nitrogen and oxygen atoms in total. The average Bonchev–Trinajstić information content (AvgIpc) is 2.88. The van der Waals surface area contributed by atoms with Crippen LogP contribution >= 0.6 is 0 Å². The maximum absolute atomic E-state index is 11.7. The summed E-state index contributed by atoms with van der Waals surface area (Å²) in [5.41, 5.74) is 4.14. The molecule has 0 radical (unpaired) electrons. The minimum Gasteiger partial charge on any atom is -0.269 e. The van der Waals surface area contributed by atoms with Crippen LogP contribution in [0.5, 0.6) is 0 Å². The molecule has 0 N–H and O–H groups in total. The molecule has 0 spiro atoms. The Balaban J connectivity index is 1.82. The lowest BCUT2D eigenvalue weighted by molar-refractivity contribution is -0.119. The zero-order valence-corrected chi connectivity index (χ0v) is 12.5. The Labute approximate surface area is 129 Å². The van der Waals surface area contributed by atoms with Crippen molar-refractivity contribution >= 4 is 17.5 Å². The number of imide groups is 1. The summed E-state index contributed by atoms with van der Waals surface area (Å²) < 4.78 is 0. The number of carbonyl (C=O) groups excluding carboxylic acids is 2. The minimum atomic E-state index is -0.290. The molecule has 2 aromatic carbocycles. The zero-order chi connectivity index (χ0) is 15.5. The Kier molecular flexibility index (Phi) is 3.88. The summed E-state index contributed by atoms with van der Waals surface area (Å²) >= 11 is 0. The summed E-state index contributed by atoms with van der Waals surface area (Å²) in [6, 6.07) is 16.0. The van der Waals surface area contributed by atoms with Crippen molar-refractivity contribution < 1.29 is 9.59 Å². The average molecular weight is 291 g/mol. The largest absolute Gasteiger partial charge is 0.269 e. The molecule has 3 rings (SSSR count). The van der Waals surface area contributed by atoms with E-state index in [0.29, 0.717) is 5.69 Å². The number of anilines is 1. The van der Waals surface area contributed by atoms with Crippen LogP contribution in [-0.2, 0) is 16.0 Å². The molecule has 0 unspecified atom stereocenters. The predicted molar refractivity (Wildman–Crippen MR) is 87.5 cm³/mol. The second-order valence-corrected chi connectivity index (χ2v) is 5.34. The first kappa shape index (κ1) is 14.3. The highest BCUT2D eigenvalue weighted by Crippen LogP contribution is 2.25. The van der Waals surface area contributed by atoms with Crippen LogP contribution in [0.3, 0.4) is 0 Å². The van der Waals surface area contributed by atoms with Gasteiger partial charge >= 0.3 is 0 Å². The van der Waals surface area contributed by atoms with Gasteiger partial charge in [-0.15, -0.1) is 0 Å². The van der Waals surface area contributed by atoms with E-state index in [-0.39, 0.29) is 11.8 Å². The molecule has 0 atom stereocenters. The van der Waals surface area contributed by atoms with Crippen LogP contribution in [0.25, 0.3) is 11.1 Å². The zero-order valence-electron chi connectivity index (χ0n) is 12.5. The van der Waals surface area contributed by atoms with Gasteiger partial charge in [0.25, 0.3) is 11.8 Å². The number of rotatable bonds is 4. The van der Waals surface area contributed by atoms with E-state index in [4.69, 9.17) is 0 Å². The molecule has 3 heteroatoms. The van der Waals surface area contributed by atoms with Gasteiger partial charge in [-0.05, 0) is 35.2 Å². The fourth-order valence-corrected chi connectivity index (χ4v) is 2.61. The molecule has 2 aromatic rings. The number of nitrogens with zero attached hydrogens (tertiary/aromatic N) is 1. The summed E-state index contributed by atoms with van der Waals surface area (Å²) in [4.78, 5) is 24.5. The van der Waals surface area contributed by atoms with Crippen LogP contribution in [0, 0.1) is 0 Å².